The lowest BCUT2D eigenvalue weighted by Gasteiger charge is -2.36. The molecule has 0 aliphatic carbocycles. The van der Waals surface area contributed by atoms with Crippen LogP contribution in [-0.4, -0.2) is 18.3 Å². The Balaban J connectivity index is 3.90. The summed E-state index contributed by atoms with van der Waals surface area (Å²) in [5.41, 5.74) is -9.70. The molecule has 25 heavy (non-hydrogen) atoms. The topological polar surface area (TPSA) is 26.3 Å². The van der Waals surface area contributed by atoms with E-state index in [1.807, 2.05) is 0 Å². The SMILES string of the molecule is C=Cc1ccc(C(OC(C)=O)(C(F)(F)F)C(F)(F)F)cc1C(F)(F)F. The van der Waals surface area contributed by atoms with Crippen molar-refractivity contribution in [3.05, 3.63) is 41.5 Å². The Morgan fingerprint density at radius 2 is 1.48 bits per heavy atom. The van der Waals surface area contributed by atoms with Crippen molar-refractivity contribution in [1.82, 2.24) is 0 Å². The summed E-state index contributed by atoms with van der Waals surface area (Å²) >= 11 is 0. The van der Waals surface area contributed by atoms with Crippen LogP contribution in [0.15, 0.2) is 24.8 Å². The van der Waals surface area contributed by atoms with Gasteiger partial charge in [-0.15, -0.1) is 0 Å². The minimum Gasteiger partial charge on any atom is -0.435 e. The van der Waals surface area contributed by atoms with Crippen LogP contribution in [0.5, 0.6) is 0 Å². The van der Waals surface area contributed by atoms with Crippen molar-refractivity contribution < 1.29 is 49.0 Å². The maximum Gasteiger partial charge on any atom is 0.442 e. The summed E-state index contributed by atoms with van der Waals surface area (Å²) in [5.74, 6) is -1.98. The fourth-order valence-corrected chi connectivity index (χ4v) is 2.08. The second-order valence-electron chi connectivity index (χ2n) is 4.77. The smallest absolute Gasteiger partial charge is 0.435 e. The summed E-state index contributed by atoms with van der Waals surface area (Å²) in [6.45, 7) is 3.29. The summed E-state index contributed by atoms with van der Waals surface area (Å²) in [6.07, 6.45) is -17.2. The summed E-state index contributed by atoms with van der Waals surface area (Å²) in [5, 5.41) is 0. The van der Waals surface area contributed by atoms with Crippen molar-refractivity contribution >= 4 is 12.0 Å². The number of hydrogen-bond donors (Lipinski definition) is 0. The van der Waals surface area contributed by atoms with Gasteiger partial charge in [0.2, 0.25) is 0 Å². The van der Waals surface area contributed by atoms with Crippen LogP contribution in [0, 0.1) is 0 Å². The molecule has 0 atom stereocenters. The van der Waals surface area contributed by atoms with Crippen molar-refractivity contribution in [3.63, 3.8) is 0 Å². The van der Waals surface area contributed by atoms with Gasteiger partial charge in [0, 0.05) is 12.5 Å². The Labute approximate surface area is 134 Å². The molecular weight excluding hydrogens is 371 g/mol. The molecule has 0 aliphatic rings. The van der Waals surface area contributed by atoms with E-state index in [0.29, 0.717) is 12.1 Å². The van der Waals surface area contributed by atoms with Crippen LogP contribution in [0.2, 0.25) is 0 Å². The molecule has 11 heteroatoms. The van der Waals surface area contributed by atoms with E-state index >= 15 is 0 Å². The normalized spacial score (nSPS) is 13.5. The van der Waals surface area contributed by atoms with Gasteiger partial charge >= 0.3 is 30.1 Å². The maximum absolute atomic E-state index is 13.2. The van der Waals surface area contributed by atoms with Gasteiger partial charge in [0.1, 0.15) is 0 Å². The van der Waals surface area contributed by atoms with Gasteiger partial charge in [-0.1, -0.05) is 24.8 Å². The Morgan fingerprint density at radius 1 is 1.00 bits per heavy atom. The Bertz CT molecular complexity index is 654. The average molecular weight is 380 g/mol. The lowest BCUT2D eigenvalue weighted by molar-refractivity contribution is -0.377. The Hall–Kier alpha value is -2.20. The molecule has 140 valence electrons. The predicted molar refractivity (Wildman–Crippen MR) is 67.1 cm³/mol. The molecule has 0 amide bonds. The summed E-state index contributed by atoms with van der Waals surface area (Å²) < 4.78 is 122. The molecule has 0 unspecified atom stereocenters. The fraction of sp³-hybridized carbons (Fsp3) is 0.357. The van der Waals surface area contributed by atoms with Crippen LogP contribution in [0.1, 0.15) is 23.6 Å². The van der Waals surface area contributed by atoms with E-state index in [0.717, 1.165) is 0 Å². The zero-order valence-electron chi connectivity index (χ0n) is 12.2. The average Bonchev–Trinajstić information content (AvgIpc) is 2.40. The highest BCUT2D eigenvalue weighted by atomic mass is 19.4. The lowest BCUT2D eigenvalue weighted by Crippen LogP contribution is -2.56. The van der Waals surface area contributed by atoms with Gasteiger partial charge < -0.3 is 4.74 Å². The number of carbonyl (C=O) groups is 1. The highest BCUT2D eigenvalue weighted by molar-refractivity contribution is 5.67. The highest BCUT2D eigenvalue weighted by Gasteiger charge is 2.75. The van der Waals surface area contributed by atoms with E-state index < -0.39 is 46.8 Å². The number of carbonyl (C=O) groups excluding carboxylic acids is 1. The van der Waals surface area contributed by atoms with Crippen LogP contribution in [0.25, 0.3) is 6.08 Å². The van der Waals surface area contributed by atoms with Gasteiger partial charge in [0.15, 0.2) is 0 Å². The third-order valence-corrected chi connectivity index (χ3v) is 3.08. The summed E-state index contributed by atoms with van der Waals surface area (Å²) in [4.78, 5) is 10.9. The largest absolute Gasteiger partial charge is 0.442 e. The summed E-state index contributed by atoms with van der Waals surface area (Å²) in [6, 6.07) is 0.165. The minimum atomic E-state index is -6.27. The van der Waals surface area contributed by atoms with Gasteiger partial charge in [0.05, 0.1) is 5.56 Å². The van der Waals surface area contributed by atoms with Crippen LogP contribution in [-0.2, 0) is 21.3 Å². The van der Waals surface area contributed by atoms with Crippen molar-refractivity contribution in [2.75, 3.05) is 0 Å². The van der Waals surface area contributed by atoms with Gasteiger partial charge in [-0.3, -0.25) is 4.79 Å². The first-order chi connectivity index (χ1) is 11.1. The molecule has 0 aliphatic heterocycles. The first-order valence-electron chi connectivity index (χ1n) is 6.25. The molecule has 0 saturated heterocycles. The molecule has 0 N–H and O–H groups in total. The highest BCUT2D eigenvalue weighted by Crippen LogP contribution is 2.53. The van der Waals surface area contributed by atoms with E-state index in [2.05, 4.69) is 11.3 Å². The monoisotopic (exact) mass is 380 g/mol. The van der Waals surface area contributed by atoms with E-state index in [9.17, 15) is 44.3 Å². The molecule has 1 aromatic carbocycles. The molecule has 0 heterocycles. The molecule has 0 aromatic heterocycles. The van der Waals surface area contributed by atoms with E-state index in [4.69, 9.17) is 0 Å². The van der Waals surface area contributed by atoms with Crippen molar-refractivity contribution in [3.8, 4) is 0 Å². The van der Waals surface area contributed by atoms with Crippen LogP contribution in [0.4, 0.5) is 39.5 Å². The van der Waals surface area contributed by atoms with Gasteiger partial charge in [0.25, 0.3) is 0 Å². The molecule has 2 nitrogen and oxygen atoms in total. The van der Waals surface area contributed by atoms with Crippen LogP contribution < -0.4 is 0 Å². The fourth-order valence-electron chi connectivity index (χ4n) is 2.08. The van der Waals surface area contributed by atoms with Gasteiger partial charge in [-0.05, 0) is 11.6 Å². The lowest BCUT2D eigenvalue weighted by atomic mass is 9.88. The molecule has 0 radical (unpaired) electrons. The van der Waals surface area contributed by atoms with Crippen molar-refractivity contribution in [2.45, 2.75) is 31.1 Å². The Kier molecular flexibility index (Phi) is 5.22. The number of hydrogen-bond acceptors (Lipinski definition) is 2. The van der Waals surface area contributed by atoms with E-state index in [1.165, 1.54) is 0 Å². The molecule has 0 spiro atoms. The predicted octanol–water partition coefficient (Wildman–Crippen LogP) is 5.23. The van der Waals surface area contributed by atoms with Crippen molar-refractivity contribution in [1.29, 1.82) is 0 Å². The third-order valence-electron chi connectivity index (χ3n) is 3.08. The number of halogens is 9. The molecule has 1 aromatic rings. The first-order valence-corrected chi connectivity index (χ1v) is 6.25. The summed E-state index contributed by atoms with van der Waals surface area (Å²) in [7, 11) is 0. The first kappa shape index (κ1) is 20.8. The van der Waals surface area contributed by atoms with E-state index in [-0.39, 0.29) is 19.1 Å². The quantitative estimate of drug-likeness (QED) is 0.530. The number of benzene rings is 1. The standard InChI is InChI=1S/C14H9F9O2/c1-3-8-4-5-9(6-10(8)12(15,16)17)11(13(18,19)20,14(21,22)23)25-7(2)24/h3-6H,1H2,2H3. The Morgan fingerprint density at radius 3 is 1.80 bits per heavy atom. The van der Waals surface area contributed by atoms with Crippen LogP contribution in [0.3, 0.4) is 0 Å². The molecule has 1 rings (SSSR count). The minimum absolute atomic E-state index is 0.149. The molecule has 0 bridgehead atoms. The van der Waals surface area contributed by atoms with Crippen molar-refractivity contribution in [2.24, 2.45) is 0 Å². The number of rotatable bonds is 3. The molecule has 0 saturated carbocycles. The number of ether oxygens (including phenoxy) is 1. The van der Waals surface area contributed by atoms with Crippen LogP contribution >= 0.6 is 0 Å². The second kappa shape index (κ2) is 6.26. The van der Waals surface area contributed by atoms with E-state index in [1.54, 1.807) is 0 Å². The molecular formula is C14H9F9O2. The third kappa shape index (κ3) is 3.74. The van der Waals surface area contributed by atoms with Gasteiger partial charge in [-0.25, -0.2) is 0 Å². The molecule has 0 fully saturated rings. The zero-order chi connectivity index (χ0) is 19.8. The zero-order valence-corrected chi connectivity index (χ0v) is 12.2. The number of esters is 1. The number of alkyl halides is 9. The maximum atomic E-state index is 13.2. The van der Waals surface area contributed by atoms with Gasteiger partial charge in [-0.2, -0.15) is 39.5 Å². The second-order valence-corrected chi connectivity index (χ2v) is 4.77.